The molecule has 5 aromatic rings. The number of H-pyrrole nitrogens is 1. The van der Waals surface area contributed by atoms with Crippen LogP contribution in [0.1, 0.15) is 16.2 Å². The molecule has 0 radical (unpaired) electrons. The number of nitrogens with zero attached hydrogens (tertiary/aromatic N) is 5. The first kappa shape index (κ1) is 20.5. The maximum atomic E-state index is 13.0. The minimum absolute atomic E-state index is 0.267. The second-order valence-electron chi connectivity index (χ2n) is 8.37. The van der Waals surface area contributed by atoms with Crippen molar-refractivity contribution < 1.29 is 4.79 Å². The molecule has 1 aliphatic heterocycles. The minimum Gasteiger partial charge on any atom is -0.330 e. The van der Waals surface area contributed by atoms with Gasteiger partial charge in [-0.15, -0.1) is 0 Å². The van der Waals surface area contributed by atoms with Gasteiger partial charge in [-0.25, -0.2) is 9.97 Å². The summed E-state index contributed by atoms with van der Waals surface area (Å²) < 4.78 is 2.09. The van der Waals surface area contributed by atoms with Crippen LogP contribution in [0.3, 0.4) is 0 Å². The molecule has 34 heavy (non-hydrogen) atoms. The number of aromatic amines is 1. The van der Waals surface area contributed by atoms with Gasteiger partial charge in [-0.3, -0.25) is 19.1 Å². The highest BCUT2D eigenvalue weighted by Gasteiger charge is 2.17. The first-order chi connectivity index (χ1) is 16.7. The average Bonchev–Trinajstić information content (AvgIpc) is 3.46. The minimum atomic E-state index is -0.310. The standard InChI is InChI=1S/C25H24N8O/c34-24(22-14-27-20-7-3-4-8-21(20)29-22)30-19-6-2-1-5-18(19)23-16-33-17(13-28-25(33)31-23)15-32-11-9-26-10-12-32/h1-8,13-14,16,26H,9-12,15H2,(H,28,31)(H,30,34). The number of anilines is 1. The summed E-state index contributed by atoms with van der Waals surface area (Å²) in [4.78, 5) is 32.3. The largest absolute Gasteiger partial charge is 0.330 e. The fourth-order valence-corrected chi connectivity index (χ4v) is 4.34. The fraction of sp³-hybridized carbons (Fsp3) is 0.200. The predicted molar refractivity (Wildman–Crippen MR) is 131 cm³/mol. The van der Waals surface area contributed by atoms with Crippen molar-refractivity contribution in [2.45, 2.75) is 6.54 Å². The van der Waals surface area contributed by atoms with E-state index in [9.17, 15) is 4.79 Å². The van der Waals surface area contributed by atoms with Crippen molar-refractivity contribution in [2.75, 3.05) is 31.5 Å². The number of carbonyl (C=O) groups excluding carboxylic acids is 1. The van der Waals surface area contributed by atoms with Crippen LogP contribution < -0.4 is 10.6 Å². The summed E-state index contributed by atoms with van der Waals surface area (Å²) in [7, 11) is 0. The van der Waals surface area contributed by atoms with Gasteiger partial charge in [-0.2, -0.15) is 0 Å². The van der Waals surface area contributed by atoms with Crippen LogP contribution in [-0.4, -0.2) is 61.3 Å². The Kier molecular flexibility index (Phi) is 5.25. The number of carbonyl (C=O) groups is 1. The summed E-state index contributed by atoms with van der Waals surface area (Å²) >= 11 is 0. The van der Waals surface area contributed by atoms with E-state index >= 15 is 0 Å². The van der Waals surface area contributed by atoms with Crippen LogP contribution in [0.15, 0.2) is 67.1 Å². The summed E-state index contributed by atoms with van der Waals surface area (Å²) in [6.07, 6.45) is 5.53. The second-order valence-corrected chi connectivity index (χ2v) is 8.37. The van der Waals surface area contributed by atoms with Crippen LogP contribution in [0, 0.1) is 0 Å². The van der Waals surface area contributed by atoms with Crippen molar-refractivity contribution in [2.24, 2.45) is 0 Å². The number of benzene rings is 2. The molecule has 0 aliphatic carbocycles. The van der Waals surface area contributed by atoms with Crippen molar-refractivity contribution >= 4 is 28.4 Å². The highest BCUT2D eigenvalue weighted by molar-refractivity contribution is 6.05. The molecule has 9 heteroatoms. The molecule has 0 bridgehead atoms. The van der Waals surface area contributed by atoms with E-state index in [0.29, 0.717) is 11.2 Å². The van der Waals surface area contributed by atoms with E-state index in [-0.39, 0.29) is 11.6 Å². The molecule has 4 heterocycles. The van der Waals surface area contributed by atoms with Crippen LogP contribution in [-0.2, 0) is 6.54 Å². The molecule has 0 atom stereocenters. The molecule has 6 rings (SSSR count). The van der Waals surface area contributed by atoms with Crippen molar-refractivity contribution in [1.82, 2.24) is 34.6 Å². The van der Waals surface area contributed by atoms with Gasteiger partial charge in [0, 0.05) is 50.7 Å². The number of imidazole rings is 2. The SMILES string of the molecule is O=C(Nc1ccccc1-c1cn2c(CN3CCNCC3)c[nH]c2n1)c1cnc2ccccc2n1. The quantitative estimate of drug-likeness (QED) is 0.379. The van der Waals surface area contributed by atoms with Gasteiger partial charge in [0.05, 0.1) is 34.3 Å². The lowest BCUT2D eigenvalue weighted by Gasteiger charge is -2.26. The summed E-state index contributed by atoms with van der Waals surface area (Å²) in [5.74, 6) is 0.469. The Morgan fingerprint density at radius 3 is 2.68 bits per heavy atom. The third-order valence-electron chi connectivity index (χ3n) is 6.11. The maximum absolute atomic E-state index is 13.0. The van der Waals surface area contributed by atoms with E-state index in [2.05, 4.69) is 34.9 Å². The normalized spacial score (nSPS) is 14.6. The van der Waals surface area contributed by atoms with E-state index in [4.69, 9.17) is 4.98 Å². The van der Waals surface area contributed by atoms with E-state index < -0.39 is 0 Å². The van der Waals surface area contributed by atoms with Gasteiger partial charge in [-0.05, 0) is 18.2 Å². The van der Waals surface area contributed by atoms with Crippen molar-refractivity contribution in [3.63, 3.8) is 0 Å². The lowest BCUT2D eigenvalue weighted by Crippen LogP contribution is -2.43. The molecule has 1 amide bonds. The Hall–Kier alpha value is -4.08. The lowest BCUT2D eigenvalue weighted by atomic mass is 10.1. The van der Waals surface area contributed by atoms with Crippen molar-refractivity contribution in [1.29, 1.82) is 0 Å². The fourth-order valence-electron chi connectivity index (χ4n) is 4.34. The number of hydrogen-bond donors (Lipinski definition) is 3. The first-order valence-electron chi connectivity index (χ1n) is 11.4. The summed E-state index contributed by atoms with van der Waals surface area (Å²) in [5.41, 5.74) is 5.16. The highest BCUT2D eigenvalue weighted by Crippen LogP contribution is 2.28. The van der Waals surface area contributed by atoms with Gasteiger partial charge < -0.3 is 15.6 Å². The van der Waals surface area contributed by atoms with Gasteiger partial charge in [0.15, 0.2) is 0 Å². The van der Waals surface area contributed by atoms with Crippen LogP contribution in [0.2, 0.25) is 0 Å². The summed E-state index contributed by atoms with van der Waals surface area (Å²) in [6, 6.07) is 15.2. The highest BCUT2D eigenvalue weighted by atomic mass is 16.1. The summed E-state index contributed by atoms with van der Waals surface area (Å²) in [6.45, 7) is 4.94. The summed E-state index contributed by atoms with van der Waals surface area (Å²) in [5, 5.41) is 6.38. The van der Waals surface area contributed by atoms with Crippen molar-refractivity contribution in [3.8, 4) is 11.3 Å². The third kappa shape index (κ3) is 3.91. The lowest BCUT2D eigenvalue weighted by molar-refractivity contribution is 0.102. The Morgan fingerprint density at radius 2 is 1.79 bits per heavy atom. The molecule has 9 nitrogen and oxygen atoms in total. The number of para-hydroxylation sites is 3. The zero-order valence-electron chi connectivity index (χ0n) is 18.5. The smallest absolute Gasteiger partial charge is 0.275 e. The van der Waals surface area contributed by atoms with Crippen molar-refractivity contribution in [3.05, 3.63) is 78.5 Å². The average molecular weight is 453 g/mol. The number of amides is 1. The number of rotatable bonds is 5. The van der Waals surface area contributed by atoms with E-state index in [1.54, 1.807) is 0 Å². The molecule has 1 aliphatic rings. The zero-order chi connectivity index (χ0) is 22.9. The Labute approximate surface area is 195 Å². The number of hydrogen-bond acceptors (Lipinski definition) is 6. The van der Waals surface area contributed by atoms with Gasteiger partial charge in [0.2, 0.25) is 5.78 Å². The molecule has 3 aromatic heterocycles. The molecule has 1 fully saturated rings. The third-order valence-corrected chi connectivity index (χ3v) is 6.11. The monoisotopic (exact) mass is 452 g/mol. The molecule has 170 valence electrons. The predicted octanol–water partition coefficient (Wildman–Crippen LogP) is 2.93. The molecule has 3 N–H and O–H groups in total. The molecule has 1 saturated heterocycles. The molecule has 0 unspecified atom stereocenters. The van der Waals surface area contributed by atoms with Crippen LogP contribution in [0.25, 0.3) is 28.1 Å². The van der Waals surface area contributed by atoms with Crippen LogP contribution in [0.5, 0.6) is 0 Å². The Balaban J connectivity index is 1.28. The van der Waals surface area contributed by atoms with Gasteiger partial charge in [0.25, 0.3) is 5.91 Å². The van der Waals surface area contributed by atoms with E-state index in [1.165, 1.54) is 6.20 Å². The Bertz CT molecular complexity index is 1480. The zero-order valence-corrected chi connectivity index (χ0v) is 18.5. The van der Waals surface area contributed by atoms with E-state index in [1.807, 2.05) is 60.9 Å². The van der Waals surface area contributed by atoms with Crippen LogP contribution >= 0.6 is 0 Å². The number of aromatic nitrogens is 5. The number of nitrogens with one attached hydrogen (secondary N) is 3. The molecular formula is C25H24N8O. The Morgan fingerprint density at radius 1 is 1.00 bits per heavy atom. The second kappa shape index (κ2) is 8.69. The molecule has 0 saturated carbocycles. The first-order valence-corrected chi connectivity index (χ1v) is 11.4. The van der Waals surface area contributed by atoms with E-state index in [0.717, 1.165) is 61.0 Å². The molecular weight excluding hydrogens is 428 g/mol. The van der Waals surface area contributed by atoms with Crippen LogP contribution in [0.4, 0.5) is 5.69 Å². The van der Waals surface area contributed by atoms with Gasteiger partial charge in [0.1, 0.15) is 5.69 Å². The number of fused-ring (bicyclic) bond motifs is 2. The van der Waals surface area contributed by atoms with Gasteiger partial charge in [-0.1, -0.05) is 30.3 Å². The molecule has 2 aromatic carbocycles. The molecule has 0 spiro atoms. The number of piperazine rings is 1. The maximum Gasteiger partial charge on any atom is 0.275 e. The van der Waals surface area contributed by atoms with Gasteiger partial charge >= 0.3 is 0 Å². The topological polar surface area (TPSA) is 103 Å².